The average molecular weight is 498 g/mol. The highest BCUT2D eigenvalue weighted by Crippen LogP contribution is 2.35. The molecule has 4 rings (SSSR count). The molecule has 7 nitrogen and oxygen atoms in total. The molecule has 9 heteroatoms. The molecule has 2 N–H and O–H groups in total. The Hall–Kier alpha value is -3.20. The van der Waals surface area contributed by atoms with Gasteiger partial charge in [0.05, 0.1) is 33.9 Å². The summed E-state index contributed by atoms with van der Waals surface area (Å²) in [4.78, 5) is 17.8. The summed E-state index contributed by atoms with van der Waals surface area (Å²) in [5.41, 5.74) is 5.71. The summed E-state index contributed by atoms with van der Waals surface area (Å²) in [6.45, 7) is 7.25. The topological polar surface area (TPSA) is 104 Å². The summed E-state index contributed by atoms with van der Waals surface area (Å²) in [5.74, 6) is 0. The van der Waals surface area contributed by atoms with Gasteiger partial charge in [-0.15, -0.1) is 0 Å². The number of carbonyl (C=O) groups is 1. The van der Waals surface area contributed by atoms with Crippen LogP contribution in [0.25, 0.3) is 33.5 Å². The Morgan fingerprint density at radius 2 is 1.76 bits per heavy atom. The second kappa shape index (κ2) is 8.87. The predicted octanol–water partition coefficient (Wildman–Crippen LogP) is 5.60. The zero-order valence-electron chi connectivity index (χ0n) is 19.2. The van der Waals surface area contributed by atoms with Gasteiger partial charge >= 0.3 is 6.09 Å². The van der Waals surface area contributed by atoms with Crippen molar-refractivity contribution in [3.63, 3.8) is 0 Å². The van der Waals surface area contributed by atoms with Crippen LogP contribution in [-0.4, -0.2) is 30.7 Å². The van der Waals surface area contributed by atoms with Crippen molar-refractivity contribution in [2.75, 3.05) is 6.61 Å². The number of rotatable bonds is 4. The van der Waals surface area contributed by atoms with Crippen molar-refractivity contribution in [1.82, 2.24) is 9.55 Å². The van der Waals surface area contributed by atoms with Crippen molar-refractivity contribution < 1.29 is 17.9 Å². The zero-order chi connectivity index (χ0) is 24.8. The molecule has 0 atom stereocenters. The maximum absolute atomic E-state index is 12.9. The van der Waals surface area contributed by atoms with E-state index in [1.54, 1.807) is 51.1 Å². The molecule has 0 bridgehead atoms. The molecule has 0 aliphatic heterocycles. The van der Waals surface area contributed by atoms with Gasteiger partial charge in [0.25, 0.3) is 0 Å². The number of carbonyl (C=O) groups excluding carboxylic acids is 1. The van der Waals surface area contributed by atoms with E-state index in [-0.39, 0.29) is 11.5 Å². The third-order valence-corrected chi connectivity index (χ3v) is 7.37. The quantitative estimate of drug-likeness (QED) is 0.395. The normalized spacial score (nSPS) is 11.7. The van der Waals surface area contributed by atoms with Crippen LogP contribution in [0.5, 0.6) is 0 Å². The highest BCUT2D eigenvalue weighted by Gasteiger charge is 2.22. The number of halogens is 1. The molecule has 176 valence electrons. The Labute approximate surface area is 203 Å². The number of aromatic nitrogens is 2. The number of nitrogens with two attached hydrogens (primary N) is 1. The van der Waals surface area contributed by atoms with Crippen molar-refractivity contribution >= 4 is 38.8 Å². The smallest absolute Gasteiger partial charge is 0.419 e. The van der Waals surface area contributed by atoms with Crippen LogP contribution in [0.15, 0.2) is 53.4 Å². The van der Waals surface area contributed by atoms with Gasteiger partial charge in [-0.05, 0) is 74.7 Å². The van der Waals surface area contributed by atoms with Crippen molar-refractivity contribution in [2.24, 2.45) is 5.14 Å². The van der Waals surface area contributed by atoms with E-state index in [0.717, 1.165) is 11.1 Å². The first-order chi connectivity index (χ1) is 16.0. The number of nitrogens with zero attached hydrogens (tertiary/aromatic N) is 2. The molecular weight excluding hydrogens is 474 g/mol. The standard InChI is InChI=1S/C25H24ClN3O4S/c1-5-33-25(30)29-22-11-10-20(18-12-14(2)24(34(27,31)32)16(4)15(18)3)28-21(22)13-23(29)17-8-6-7-9-19(17)26/h6-13H,5H2,1-4H3,(H2,27,31,32). The minimum atomic E-state index is -3.86. The number of ether oxygens (including phenoxy) is 1. The molecule has 0 radical (unpaired) electrons. The summed E-state index contributed by atoms with van der Waals surface area (Å²) in [7, 11) is -3.86. The van der Waals surface area contributed by atoms with Gasteiger partial charge in [0.2, 0.25) is 10.0 Å². The second-order valence-electron chi connectivity index (χ2n) is 8.01. The van der Waals surface area contributed by atoms with Crippen LogP contribution >= 0.6 is 11.6 Å². The summed E-state index contributed by atoms with van der Waals surface area (Å²) in [6.07, 6.45) is -0.526. The fourth-order valence-corrected chi connectivity index (χ4v) is 5.57. The molecule has 0 fully saturated rings. The Balaban J connectivity index is 1.96. The molecule has 0 aliphatic carbocycles. The minimum Gasteiger partial charge on any atom is -0.449 e. The number of aryl methyl sites for hydroxylation is 1. The van der Waals surface area contributed by atoms with Crippen LogP contribution in [0.3, 0.4) is 0 Å². The number of primary sulfonamides is 1. The van der Waals surface area contributed by atoms with E-state index >= 15 is 0 Å². The van der Waals surface area contributed by atoms with Crippen LogP contribution in [0, 0.1) is 20.8 Å². The van der Waals surface area contributed by atoms with Crippen molar-refractivity contribution in [1.29, 1.82) is 0 Å². The lowest BCUT2D eigenvalue weighted by Gasteiger charge is -2.15. The Morgan fingerprint density at radius 3 is 2.41 bits per heavy atom. The van der Waals surface area contributed by atoms with Crippen molar-refractivity contribution in [2.45, 2.75) is 32.6 Å². The lowest BCUT2D eigenvalue weighted by atomic mass is 9.97. The van der Waals surface area contributed by atoms with Crippen molar-refractivity contribution in [3.05, 3.63) is 70.2 Å². The van der Waals surface area contributed by atoms with Gasteiger partial charge < -0.3 is 4.74 Å². The van der Waals surface area contributed by atoms with E-state index in [1.165, 1.54) is 4.57 Å². The van der Waals surface area contributed by atoms with E-state index < -0.39 is 16.1 Å². The Kier molecular flexibility index (Phi) is 6.24. The van der Waals surface area contributed by atoms with E-state index in [9.17, 15) is 13.2 Å². The van der Waals surface area contributed by atoms with Gasteiger partial charge in [-0.1, -0.05) is 29.8 Å². The summed E-state index contributed by atoms with van der Waals surface area (Å²) in [6, 6.07) is 14.4. The van der Waals surface area contributed by atoms with Crippen LogP contribution in [0.2, 0.25) is 5.02 Å². The lowest BCUT2D eigenvalue weighted by molar-refractivity contribution is 0.155. The fourth-order valence-electron chi connectivity index (χ4n) is 4.25. The summed E-state index contributed by atoms with van der Waals surface area (Å²) in [5, 5.41) is 5.93. The number of benzene rings is 2. The monoisotopic (exact) mass is 497 g/mol. The molecular formula is C25H24ClN3O4S. The molecule has 0 saturated carbocycles. The van der Waals surface area contributed by atoms with E-state index in [4.69, 9.17) is 26.5 Å². The largest absolute Gasteiger partial charge is 0.449 e. The van der Waals surface area contributed by atoms with E-state index in [0.29, 0.717) is 44.1 Å². The number of hydrogen-bond donors (Lipinski definition) is 1. The number of fused-ring (bicyclic) bond motifs is 1. The first kappa shape index (κ1) is 23.9. The maximum Gasteiger partial charge on any atom is 0.419 e. The Morgan fingerprint density at radius 1 is 1.06 bits per heavy atom. The molecule has 2 aromatic heterocycles. The predicted molar refractivity (Wildman–Crippen MR) is 134 cm³/mol. The van der Waals surface area contributed by atoms with Gasteiger partial charge in [-0.25, -0.2) is 27.9 Å². The molecule has 0 amide bonds. The third-order valence-electron chi connectivity index (χ3n) is 5.84. The summed E-state index contributed by atoms with van der Waals surface area (Å²) < 4.78 is 30.9. The van der Waals surface area contributed by atoms with Crippen LogP contribution in [-0.2, 0) is 14.8 Å². The average Bonchev–Trinajstić information content (AvgIpc) is 3.14. The second-order valence-corrected chi connectivity index (χ2v) is 9.92. The SMILES string of the molecule is CCOC(=O)n1c(-c2ccccc2Cl)cc2nc(-c3cc(C)c(S(N)(=O)=O)c(C)c3C)ccc21. The number of hydrogen-bond acceptors (Lipinski definition) is 5. The molecule has 0 unspecified atom stereocenters. The van der Waals surface area contributed by atoms with Crippen LogP contribution in [0.1, 0.15) is 23.6 Å². The molecule has 34 heavy (non-hydrogen) atoms. The van der Waals surface area contributed by atoms with Crippen LogP contribution < -0.4 is 5.14 Å². The molecule has 0 aliphatic rings. The minimum absolute atomic E-state index is 0.129. The molecule has 2 heterocycles. The highest BCUT2D eigenvalue weighted by molar-refractivity contribution is 7.89. The molecule has 4 aromatic rings. The van der Waals surface area contributed by atoms with E-state index in [1.807, 2.05) is 25.1 Å². The zero-order valence-corrected chi connectivity index (χ0v) is 20.8. The van der Waals surface area contributed by atoms with E-state index in [2.05, 4.69) is 0 Å². The fraction of sp³-hybridized carbons (Fsp3) is 0.200. The van der Waals surface area contributed by atoms with Gasteiger partial charge in [-0.2, -0.15) is 0 Å². The van der Waals surface area contributed by atoms with Gasteiger partial charge in [0.1, 0.15) is 0 Å². The Bertz CT molecular complexity index is 1560. The first-order valence-corrected chi connectivity index (χ1v) is 12.6. The molecule has 0 saturated heterocycles. The first-order valence-electron chi connectivity index (χ1n) is 10.6. The van der Waals surface area contributed by atoms with Gasteiger partial charge in [-0.3, -0.25) is 0 Å². The highest BCUT2D eigenvalue weighted by atomic mass is 35.5. The van der Waals surface area contributed by atoms with Crippen molar-refractivity contribution in [3.8, 4) is 22.5 Å². The number of pyridine rings is 1. The summed E-state index contributed by atoms with van der Waals surface area (Å²) >= 11 is 6.43. The molecule has 2 aromatic carbocycles. The van der Waals surface area contributed by atoms with Gasteiger partial charge in [0.15, 0.2) is 0 Å². The van der Waals surface area contributed by atoms with Crippen LogP contribution in [0.4, 0.5) is 4.79 Å². The lowest BCUT2D eigenvalue weighted by Crippen LogP contribution is -2.16. The maximum atomic E-state index is 12.9. The number of sulfonamides is 1. The molecule has 0 spiro atoms. The third kappa shape index (κ3) is 4.09. The van der Waals surface area contributed by atoms with Gasteiger partial charge in [0, 0.05) is 16.1 Å².